The first-order valence-electron chi connectivity index (χ1n) is 15.2. The summed E-state index contributed by atoms with van der Waals surface area (Å²) in [5, 5.41) is 11.0. The van der Waals surface area contributed by atoms with Crippen LogP contribution in [-0.4, -0.2) is 62.0 Å². The number of carbonyl (C=O) groups excluding carboxylic acids is 2. The molecule has 1 saturated heterocycles. The molecular formula is C36H29F4N5O4. The second-order valence-corrected chi connectivity index (χ2v) is 11.5. The Balaban J connectivity index is 1.20. The van der Waals surface area contributed by atoms with E-state index in [4.69, 9.17) is 0 Å². The van der Waals surface area contributed by atoms with E-state index in [9.17, 15) is 37.1 Å². The molecule has 0 bridgehead atoms. The number of carbonyl (C=O) groups is 2. The molecule has 1 fully saturated rings. The number of aromatic nitrogens is 3. The van der Waals surface area contributed by atoms with Crippen molar-refractivity contribution in [2.45, 2.75) is 13.0 Å². The Morgan fingerprint density at radius 2 is 1.59 bits per heavy atom. The molecule has 49 heavy (non-hydrogen) atoms. The second kappa shape index (κ2) is 14.0. The standard InChI is InChI=1S/C36H29F4N5O4/c37-26-3-1-2-23(17-26)20-45-21-24(16-25-4-9-30(38)34(40)33(25)39)18-29(35(45)48)31(46)19-32(47)36(49)43-14-12-42(13-15-43)27-5-7-28(8-6-27)44-11-10-41-22-44/h1-11,17-19,21-22,46H,12-16,20H2. The first-order chi connectivity index (χ1) is 23.6. The first kappa shape index (κ1) is 32.9. The van der Waals surface area contributed by atoms with Gasteiger partial charge in [0.1, 0.15) is 11.6 Å². The van der Waals surface area contributed by atoms with Gasteiger partial charge in [0.05, 0.1) is 18.4 Å². The van der Waals surface area contributed by atoms with Crippen LogP contribution in [0.1, 0.15) is 22.3 Å². The lowest BCUT2D eigenvalue weighted by Crippen LogP contribution is -2.50. The zero-order valence-electron chi connectivity index (χ0n) is 25.9. The quantitative estimate of drug-likeness (QED) is 0.0775. The van der Waals surface area contributed by atoms with Crippen LogP contribution in [0.5, 0.6) is 0 Å². The molecule has 1 aliphatic heterocycles. The van der Waals surface area contributed by atoms with Gasteiger partial charge in [0, 0.05) is 68.6 Å². The molecule has 6 rings (SSSR count). The van der Waals surface area contributed by atoms with Crippen molar-refractivity contribution in [3.8, 4) is 5.69 Å². The number of ketones is 1. The number of halogens is 4. The van der Waals surface area contributed by atoms with Gasteiger partial charge in [-0.05, 0) is 65.2 Å². The largest absolute Gasteiger partial charge is 0.507 e. The minimum Gasteiger partial charge on any atom is -0.507 e. The van der Waals surface area contributed by atoms with Crippen molar-refractivity contribution in [2.24, 2.45) is 0 Å². The fraction of sp³-hybridized carbons (Fsp3) is 0.167. The van der Waals surface area contributed by atoms with Crippen molar-refractivity contribution in [1.82, 2.24) is 19.0 Å². The molecule has 0 saturated carbocycles. The highest BCUT2D eigenvalue weighted by atomic mass is 19.2. The third kappa shape index (κ3) is 7.30. The molecule has 1 N–H and O–H groups in total. The molecule has 5 aromatic rings. The predicted octanol–water partition coefficient (Wildman–Crippen LogP) is 5.05. The van der Waals surface area contributed by atoms with Crippen molar-refractivity contribution in [3.63, 3.8) is 0 Å². The molecule has 9 nitrogen and oxygen atoms in total. The van der Waals surface area contributed by atoms with Gasteiger partial charge in [-0.3, -0.25) is 14.4 Å². The summed E-state index contributed by atoms with van der Waals surface area (Å²) >= 11 is 0. The average molecular weight is 672 g/mol. The summed E-state index contributed by atoms with van der Waals surface area (Å²) in [6.45, 7) is 1.20. The molecule has 250 valence electrons. The summed E-state index contributed by atoms with van der Waals surface area (Å²) in [5.74, 6) is -7.77. The number of anilines is 1. The van der Waals surface area contributed by atoms with E-state index in [-0.39, 0.29) is 37.2 Å². The minimum atomic E-state index is -1.66. The fourth-order valence-electron chi connectivity index (χ4n) is 5.68. The molecule has 13 heteroatoms. The van der Waals surface area contributed by atoms with Crippen LogP contribution in [0.3, 0.4) is 0 Å². The third-order valence-electron chi connectivity index (χ3n) is 8.23. The molecule has 0 unspecified atom stereocenters. The monoisotopic (exact) mass is 671 g/mol. The highest BCUT2D eigenvalue weighted by molar-refractivity contribution is 6.41. The normalized spacial score (nSPS) is 13.5. The Kier molecular flexibility index (Phi) is 9.42. The van der Waals surface area contributed by atoms with Gasteiger partial charge in [0.2, 0.25) is 5.78 Å². The van der Waals surface area contributed by atoms with E-state index < -0.39 is 51.8 Å². The number of hydrogen-bond donors (Lipinski definition) is 1. The number of rotatable bonds is 9. The Bertz CT molecular complexity index is 2110. The van der Waals surface area contributed by atoms with Crippen LogP contribution in [0.2, 0.25) is 0 Å². The zero-order valence-corrected chi connectivity index (χ0v) is 25.9. The molecule has 1 aliphatic rings. The Morgan fingerprint density at radius 1 is 0.857 bits per heavy atom. The molecule has 0 aliphatic carbocycles. The zero-order chi connectivity index (χ0) is 34.7. The Hall–Kier alpha value is -5.98. The van der Waals surface area contributed by atoms with Crippen LogP contribution in [-0.2, 0) is 22.6 Å². The van der Waals surface area contributed by atoms with Crippen molar-refractivity contribution >= 4 is 23.1 Å². The van der Waals surface area contributed by atoms with Gasteiger partial charge in [-0.2, -0.15) is 0 Å². The van der Waals surface area contributed by atoms with Crippen molar-refractivity contribution in [2.75, 3.05) is 31.1 Å². The van der Waals surface area contributed by atoms with Crippen molar-refractivity contribution in [1.29, 1.82) is 0 Å². The molecule has 2 aromatic heterocycles. The van der Waals surface area contributed by atoms with Crippen molar-refractivity contribution in [3.05, 3.63) is 154 Å². The second-order valence-electron chi connectivity index (χ2n) is 11.5. The van der Waals surface area contributed by atoms with E-state index >= 15 is 0 Å². The van der Waals surface area contributed by atoms with Crippen LogP contribution in [0.25, 0.3) is 11.4 Å². The van der Waals surface area contributed by atoms with E-state index in [1.54, 1.807) is 18.6 Å². The summed E-state index contributed by atoms with van der Waals surface area (Å²) < 4.78 is 58.9. The van der Waals surface area contributed by atoms with Gasteiger partial charge in [-0.25, -0.2) is 22.5 Å². The topological polar surface area (TPSA) is 101 Å². The van der Waals surface area contributed by atoms with E-state index in [1.165, 1.54) is 35.4 Å². The number of piperazine rings is 1. The summed E-state index contributed by atoms with van der Waals surface area (Å²) in [6, 6.07) is 16.2. The summed E-state index contributed by atoms with van der Waals surface area (Å²) in [4.78, 5) is 47.0. The Morgan fingerprint density at radius 3 is 2.29 bits per heavy atom. The molecular weight excluding hydrogens is 642 g/mol. The molecule has 3 heterocycles. The number of aliphatic hydroxyl groups is 1. The van der Waals surface area contributed by atoms with Crippen LogP contribution < -0.4 is 10.5 Å². The van der Waals surface area contributed by atoms with Gasteiger partial charge in [-0.15, -0.1) is 0 Å². The fourth-order valence-corrected chi connectivity index (χ4v) is 5.68. The van der Waals surface area contributed by atoms with Crippen molar-refractivity contribution < 1.29 is 32.3 Å². The van der Waals surface area contributed by atoms with Gasteiger partial charge < -0.3 is 24.0 Å². The number of amides is 1. The highest BCUT2D eigenvalue weighted by Crippen LogP contribution is 2.22. The molecule has 0 radical (unpaired) electrons. The van der Waals surface area contributed by atoms with E-state index in [0.717, 1.165) is 28.1 Å². The SMILES string of the molecule is O=C(C=C(O)c1cc(Cc2ccc(F)c(F)c2F)cn(Cc2cccc(F)c2)c1=O)C(=O)N1CCN(c2ccc(-n3ccnc3)cc2)CC1. The van der Waals surface area contributed by atoms with E-state index in [2.05, 4.69) is 9.88 Å². The number of hydrogen-bond acceptors (Lipinski definition) is 6. The third-order valence-corrected chi connectivity index (χ3v) is 8.23. The lowest BCUT2D eigenvalue weighted by atomic mass is 10.0. The number of pyridine rings is 1. The van der Waals surface area contributed by atoms with Crippen LogP contribution >= 0.6 is 0 Å². The van der Waals surface area contributed by atoms with Crippen LogP contribution in [0.4, 0.5) is 23.2 Å². The predicted molar refractivity (Wildman–Crippen MR) is 173 cm³/mol. The van der Waals surface area contributed by atoms with E-state index in [0.29, 0.717) is 24.7 Å². The van der Waals surface area contributed by atoms with Gasteiger partial charge in [-0.1, -0.05) is 18.2 Å². The average Bonchev–Trinajstić information content (AvgIpc) is 3.65. The number of nitrogens with zero attached hydrogens (tertiary/aromatic N) is 5. The van der Waals surface area contributed by atoms with Gasteiger partial charge >= 0.3 is 0 Å². The van der Waals surface area contributed by atoms with Gasteiger partial charge in [0.15, 0.2) is 17.5 Å². The summed E-state index contributed by atoms with van der Waals surface area (Å²) in [6.07, 6.45) is 6.84. The lowest BCUT2D eigenvalue weighted by Gasteiger charge is -2.35. The maximum absolute atomic E-state index is 14.5. The number of benzene rings is 3. The molecule has 3 aromatic carbocycles. The number of imidazole rings is 1. The molecule has 0 atom stereocenters. The molecule has 1 amide bonds. The Labute approximate surface area is 277 Å². The van der Waals surface area contributed by atoms with Crippen LogP contribution in [0.15, 0.2) is 103 Å². The summed E-state index contributed by atoms with van der Waals surface area (Å²) in [5.41, 5.74) is 1.02. The lowest BCUT2D eigenvalue weighted by molar-refractivity contribution is -0.142. The summed E-state index contributed by atoms with van der Waals surface area (Å²) in [7, 11) is 0. The van der Waals surface area contributed by atoms with Crippen LogP contribution in [0, 0.1) is 23.3 Å². The van der Waals surface area contributed by atoms with Gasteiger partial charge in [0.25, 0.3) is 11.5 Å². The van der Waals surface area contributed by atoms with E-state index in [1.807, 2.05) is 35.0 Å². The highest BCUT2D eigenvalue weighted by Gasteiger charge is 2.26. The maximum Gasteiger partial charge on any atom is 0.294 e. The molecule has 0 spiro atoms. The minimum absolute atomic E-state index is 0.172. The smallest absolute Gasteiger partial charge is 0.294 e. The first-order valence-corrected chi connectivity index (χ1v) is 15.2. The maximum atomic E-state index is 14.5. The number of aliphatic hydroxyl groups excluding tert-OH is 1.